The van der Waals surface area contributed by atoms with Crippen molar-refractivity contribution in [3.8, 4) is 0 Å². The van der Waals surface area contributed by atoms with Crippen LogP contribution in [0.4, 0.5) is 4.39 Å². The third-order valence-corrected chi connectivity index (χ3v) is 4.81. The van der Waals surface area contributed by atoms with Crippen LogP contribution in [0.2, 0.25) is 5.02 Å². The zero-order valence-corrected chi connectivity index (χ0v) is 17.0. The second-order valence-electron chi connectivity index (χ2n) is 8.26. The third kappa shape index (κ3) is 7.85. The summed E-state index contributed by atoms with van der Waals surface area (Å²) in [6.07, 6.45) is 3.88. The second kappa shape index (κ2) is 9.51. The summed E-state index contributed by atoms with van der Waals surface area (Å²) < 4.78 is 13.3. The molecule has 0 spiro atoms. The lowest BCUT2D eigenvalue weighted by atomic mass is 9.86. The Morgan fingerprint density at radius 2 is 1.81 bits per heavy atom. The van der Waals surface area contributed by atoms with Crippen LogP contribution in [0.25, 0.3) is 0 Å². The topological polar surface area (TPSA) is 70.2 Å². The Labute approximate surface area is 165 Å². The Balaban J connectivity index is 1.68. The Morgan fingerprint density at radius 3 is 2.41 bits per heavy atom. The minimum absolute atomic E-state index is 0.00522. The van der Waals surface area contributed by atoms with Crippen molar-refractivity contribution in [2.45, 2.75) is 58.0 Å². The number of halogens is 2. The van der Waals surface area contributed by atoms with Gasteiger partial charge in [0.05, 0.1) is 6.54 Å². The smallest absolute Gasteiger partial charge is 0.251 e. The van der Waals surface area contributed by atoms with E-state index in [-0.39, 0.29) is 27.9 Å². The Hall–Kier alpha value is -1.66. The molecule has 5 nitrogen and oxygen atoms in total. The highest BCUT2D eigenvalue weighted by Gasteiger charge is 2.22. The molecule has 3 N–H and O–H groups in total. The van der Waals surface area contributed by atoms with Gasteiger partial charge in [0.2, 0.25) is 5.91 Å². The van der Waals surface area contributed by atoms with Crippen molar-refractivity contribution in [1.29, 1.82) is 0 Å². The summed E-state index contributed by atoms with van der Waals surface area (Å²) in [5.74, 6) is -0.435. The van der Waals surface area contributed by atoms with Gasteiger partial charge in [-0.15, -0.1) is 0 Å². The van der Waals surface area contributed by atoms with Crippen LogP contribution in [0.3, 0.4) is 0 Å². The van der Waals surface area contributed by atoms with Gasteiger partial charge in [0, 0.05) is 28.7 Å². The van der Waals surface area contributed by atoms with Gasteiger partial charge in [-0.3, -0.25) is 9.59 Å². The molecule has 7 heteroatoms. The fourth-order valence-corrected chi connectivity index (χ4v) is 3.52. The average Bonchev–Trinajstić information content (AvgIpc) is 2.56. The minimum atomic E-state index is -0.519. The summed E-state index contributed by atoms with van der Waals surface area (Å²) in [5, 5.41) is 9.33. The molecule has 2 amide bonds. The van der Waals surface area contributed by atoms with Gasteiger partial charge in [0.15, 0.2) is 0 Å². The number of hydrogen-bond acceptors (Lipinski definition) is 3. The highest BCUT2D eigenvalue weighted by molar-refractivity contribution is 6.31. The summed E-state index contributed by atoms with van der Waals surface area (Å²) in [6, 6.07) is 4.15. The third-order valence-electron chi connectivity index (χ3n) is 4.59. The normalized spacial score (nSPS) is 20.2. The van der Waals surface area contributed by atoms with Gasteiger partial charge >= 0.3 is 0 Å². The quantitative estimate of drug-likeness (QED) is 0.690. The molecular weight excluding hydrogens is 369 g/mol. The van der Waals surface area contributed by atoms with E-state index in [9.17, 15) is 14.0 Å². The van der Waals surface area contributed by atoms with Crippen LogP contribution < -0.4 is 16.0 Å². The largest absolute Gasteiger partial charge is 0.352 e. The predicted octanol–water partition coefficient (Wildman–Crippen LogP) is 3.27. The molecule has 150 valence electrons. The Morgan fingerprint density at radius 1 is 1.15 bits per heavy atom. The molecule has 1 saturated carbocycles. The standard InChI is InChI=1S/C20H29ClFN3O2/c1-20(2,3)25-18(26)12-23-17-6-4-13(5-7-17)11-24-19(27)14-8-15(21)10-16(22)9-14/h8-10,13,17,23H,4-7,11-12H2,1-3H3,(H,24,27)(H,25,26)/t13-,17+. The molecule has 1 fully saturated rings. The maximum absolute atomic E-state index is 13.3. The van der Waals surface area contributed by atoms with Gasteiger partial charge < -0.3 is 16.0 Å². The maximum atomic E-state index is 13.3. The molecule has 2 rings (SSSR count). The van der Waals surface area contributed by atoms with E-state index in [4.69, 9.17) is 11.6 Å². The molecule has 1 aliphatic rings. The minimum Gasteiger partial charge on any atom is -0.352 e. The van der Waals surface area contributed by atoms with Gasteiger partial charge in [0.25, 0.3) is 5.91 Å². The second-order valence-corrected chi connectivity index (χ2v) is 8.70. The SMILES string of the molecule is CC(C)(C)NC(=O)CN[C@H]1CC[C@@H](CNC(=O)c2cc(F)cc(Cl)c2)CC1. The first-order chi connectivity index (χ1) is 12.6. The Bertz CT molecular complexity index is 647. The lowest BCUT2D eigenvalue weighted by Crippen LogP contribution is -2.47. The van der Waals surface area contributed by atoms with Gasteiger partial charge in [-0.05, 0) is 70.6 Å². The molecule has 1 aromatic rings. The van der Waals surface area contributed by atoms with E-state index >= 15 is 0 Å². The van der Waals surface area contributed by atoms with Crippen LogP contribution in [0.5, 0.6) is 0 Å². The van der Waals surface area contributed by atoms with Gasteiger partial charge in [-0.25, -0.2) is 4.39 Å². The lowest BCUT2D eigenvalue weighted by Gasteiger charge is -2.29. The molecule has 0 bridgehead atoms. The fourth-order valence-electron chi connectivity index (χ4n) is 3.29. The van der Waals surface area contributed by atoms with E-state index in [1.807, 2.05) is 20.8 Å². The van der Waals surface area contributed by atoms with Crippen molar-refractivity contribution in [3.63, 3.8) is 0 Å². The average molecular weight is 398 g/mol. The maximum Gasteiger partial charge on any atom is 0.251 e. The van der Waals surface area contributed by atoms with Crippen molar-refractivity contribution < 1.29 is 14.0 Å². The van der Waals surface area contributed by atoms with E-state index in [2.05, 4.69) is 16.0 Å². The molecule has 0 saturated heterocycles. The molecule has 0 aliphatic heterocycles. The lowest BCUT2D eigenvalue weighted by molar-refractivity contribution is -0.121. The molecule has 0 unspecified atom stereocenters. The van der Waals surface area contributed by atoms with Crippen LogP contribution in [0.15, 0.2) is 18.2 Å². The van der Waals surface area contributed by atoms with Crippen molar-refractivity contribution in [3.05, 3.63) is 34.6 Å². The number of rotatable bonds is 6. The number of hydrogen-bond donors (Lipinski definition) is 3. The molecule has 1 aliphatic carbocycles. The zero-order chi connectivity index (χ0) is 20.0. The molecule has 0 radical (unpaired) electrons. The summed E-state index contributed by atoms with van der Waals surface area (Å²) in [5.41, 5.74) is 0.0146. The molecular formula is C20H29ClFN3O2. The fraction of sp³-hybridized carbons (Fsp3) is 0.600. The molecule has 1 aromatic carbocycles. The summed E-state index contributed by atoms with van der Waals surface area (Å²) in [4.78, 5) is 24.0. The first-order valence-electron chi connectivity index (χ1n) is 9.41. The van der Waals surface area contributed by atoms with E-state index in [1.54, 1.807) is 0 Å². The highest BCUT2D eigenvalue weighted by Crippen LogP contribution is 2.24. The van der Waals surface area contributed by atoms with Crippen molar-refractivity contribution in [1.82, 2.24) is 16.0 Å². The monoisotopic (exact) mass is 397 g/mol. The first-order valence-corrected chi connectivity index (χ1v) is 9.79. The van der Waals surface area contributed by atoms with Gasteiger partial charge in [-0.1, -0.05) is 11.6 Å². The van der Waals surface area contributed by atoms with E-state index in [0.29, 0.717) is 25.0 Å². The molecule has 0 atom stereocenters. The zero-order valence-electron chi connectivity index (χ0n) is 16.2. The number of nitrogens with one attached hydrogen (secondary N) is 3. The Kier molecular flexibility index (Phi) is 7.62. The number of amides is 2. The molecule has 27 heavy (non-hydrogen) atoms. The van der Waals surface area contributed by atoms with Crippen LogP contribution in [0.1, 0.15) is 56.8 Å². The van der Waals surface area contributed by atoms with Gasteiger partial charge in [-0.2, -0.15) is 0 Å². The highest BCUT2D eigenvalue weighted by atomic mass is 35.5. The van der Waals surface area contributed by atoms with E-state index in [0.717, 1.165) is 25.7 Å². The number of carbonyl (C=O) groups is 2. The van der Waals surface area contributed by atoms with E-state index < -0.39 is 5.82 Å². The summed E-state index contributed by atoms with van der Waals surface area (Å²) in [7, 11) is 0. The number of carbonyl (C=O) groups excluding carboxylic acids is 2. The first kappa shape index (κ1) is 21.6. The van der Waals surface area contributed by atoms with Gasteiger partial charge in [0.1, 0.15) is 5.82 Å². The van der Waals surface area contributed by atoms with Crippen molar-refractivity contribution in [2.24, 2.45) is 5.92 Å². The van der Waals surface area contributed by atoms with Crippen LogP contribution >= 0.6 is 11.6 Å². The summed E-state index contributed by atoms with van der Waals surface area (Å²) >= 11 is 5.79. The number of benzene rings is 1. The van der Waals surface area contributed by atoms with Crippen LogP contribution in [0, 0.1) is 11.7 Å². The van der Waals surface area contributed by atoms with Crippen LogP contribution in [-0.4, -0.2) is 36.5 Å². The molecule has 0 aromatic heterocycles. The van der Waals surface area contributed by atoms with E-state index in [1.165, 1.54) is 18.2 Å². The summed E-state index contributed by atoms with van der Waals surface area (Å²) in [6.45, 7) is 6.76. The van der Waals surface area contributed by atoms with Crippen LogP contribution in [-0.2, 0) is 4.79 Å². The molecule has 0 heterocycles. The predicted molar refractivity (Wildman–Crippen MR) is 105 cm³/mol. The van der Waals surface area contributed by atoms with Crippen molar-refractivity contribution in [2.75, 3.05) is 13.1 Å². The van der Waals surface area contributed by atoms with Crippen molar-refractivity contribution >= 4 is 23.4 Å².